The molecule has 0 spiro atoms. The van der Waals surface area contributed by atoms with Crippen molar-refractivity contribution in [3.05, 3.63) is 74.2 Å². The molecule has 1 aromatic heterocycles. The van der Waals surface area contributed by atoms with Crippen LogP contribution in [0.2, 0.25) is 0 Å². The van der Waals surface area contributed by atoms with E-state index < -0.39 is 0 Å². The lowest BCUT2D eigenvalue weighted by Gasteiger charge is -2.40. The Morgan fingerprint density at radius 3 is 2.43 bits per heavy atom. The standard InChI is InChI=1S/C30H35N3O2S2/c1-4-32(5-2)23-14-10-19(11-15-23)25-26-20-8-9-21(16-20)27(26)36-29-28(25)37-30(35)33(29)17-24(34)31-22-12-6-18(3)7-13-22/h6-7,10-15,20-21,25-27H,4-5,8-9,16-17H2,1-3H3,(H,31,34)/t20?,21?,25-,26?,27?/m1/s1. The molecule has 0 radical (unpaired) electrons. The van der Waals surface area contributed by atoms with Crippen molar-refractivity contribution in [3.63, 3.8) is 0 Å². The Bertz CT molecular complexity index is 1340. The summed E-state index contributed by atoms with van der Waals surface area (Å²) in [5.41, 5.74) is 4.48. The highest BCUT2D eigenvalue weighted by molar-refractivity contribution is 8.00. The fourth-order valence-electron chi connectivity index (χ4n) is 6.92. The van der Waals surface area contributed by atoms with Gasteiger partial charge in [0.25, 0.3) is 0 Å². The van der Waals surface area contributed by atoms with Crippen molar-refractivity contribution in [1.29, 1.82) is 0 Å². The monoisotopic (exact) mass is 533 g/mol. The van der Waals surface area contributed by atoms with Gasteiger partial charge in [-0.05, 0) is 87.6 Å². The van der Waals surface area contributed by atoms with Crippen molar-refractivity contribution in [2.75, 3.05) is 23.3 Å². The highest BCUT2D eigenvalue weighted by atomic mass is 32.2. The Balaban J connectivity index is 1.34. The van der Waals surface area contributed by atoms with Crippen LogP contribution in [0.5, 0.6) is 0 Å². The van der Waals surface area contributed by atoms with Crippen LogP contribution < -0.4 is 15.1 Å². The van der Waals surface area contributed by atoms with Gasteiger partial charge in [-0.15, -0.1) is 11.8 Å². The summed E-state index contributed by atoms with van der Waals surface area (Å²) < 4.78 is 1.74. The molecule has 2 bridgehead atoms. The van der Waals surface area contributed by atoms with Crippen molar-refractivity contribution in [1.82, 2.24) is 4.57 Å². The molecule has 2 fully saturated rings. The van der Waals surface area contributed by atoms with E-state index in [9.17, 15) is 9.59 Å². The number of fused-ring (bicyclic) bond motifs is 6. The summed E-state index contributed by atoms with van der Waals surface area (Å²) >= 11 is 3.25. The van der Waals surface area contributed by atoms with Crippen LogP contribution >= 0.6 is 23.1 Å². The average molecular weight is 534 g/mol. The number of nitrogens with one attached hydrogen (secondary N) is 1. The second-order valence-corrected chi connectivity index (χ2v) is 12.9. The molecule has 3 aliphatic rings. The van der Waals surface area contributed by atoms with Crippen molar-refractivity contribution in [2.24, 2.45) is 17.8 Å². The number of hydrogen-bond acceptors (Lipinski definition) is 5. The van der Waals surface area contributed by atoms with Gasteiger partial charge in [-0.25, -0.2) is 0 Å². The fraction of sp³-hybridized carbons (Fsp3) is 0.467. The number of aryl methyl sites for hydroxylation is 1. The molecule has 2 saturated carbocycles. The molecule has 2 aliphatic carbocycles. The summed E-state index contributed by atoms with van der Waals surface area (Å²) in [6, 6.07) is 16.9. The average Bonchev–Trinajstić information content (AvgIpc) is 3.60. The number of hydrogen-bond donors (Lipinski definition) is 1. The number of carbonyl (C=O) groups is 1. The summed E-state index contributed by atoms with van der Waals surface area (Å²) in [4.78, 5) is 29.8. The first-order valence-corrected chi connectivity index (χ1v) is 15.3. The molecule has 6 rings (SSSR count). The van der Waals surface area contributed by atoms with Crippen LogP contribution in [0.15, 0.2) is 58.4 Å². The second kappa shape index (κ2) is 9.99. The molecule has 0 saturated heterocycles. The first kappa shape index (κ1) is 24.8. The maximum Gasteiger partial charge on any atom is 0.308 e. The molecule has 2 heterocycles. The minimum absolute atomic E-state index is 0.0198. The molecule has 4 unspecified atom stereocenters. The van der Waals surface area contributed by atoms with Gasteiger partial charge in [0.2, 0.25) is 5.91 Å². The van der Waals surface area contributed by atoms with Crippen molar-refractivity contribution in [3.8, 4) is 0 Å². The molecule has 1 amide bonds. The van der Waals surface area contributed by atoms with Gasteiger partial charge in [0, 0.05) is 40.5 Å². The maximum absolute atomic E-state index is 13.3. The predicted molar refractivity (Wildman–Crippen MR) is 154 cm³/mol. The minimum Gasteiger partial charge on any atom is -0.372 e. The highest BCUT2D eigenvalue weighted by Crippen LogP contribution is 2.64. The lowest BCUT2D eigenvalue weighted by atomic mass is 9.75. The van der Waals surface area contributed by atoms with Crippen molar-refractivity contribution in [2.45, 2.75) is 62.8 Å². The molecule has 1 N–H and O–H groups in total. The van der Waals surface area contributed by atoms with Crippen LogP contribution in [0.1, 0.15) is 55.0 Å². The first-order valence-electron chi connectivity index (χ1n) is 13.6. The van der Waals surface area contributed by atoms with Gasteiger partial charge in [0.15, 0.2) is 0 Å². The van der Waals surface area contributed by atoms with Crippen LogP contribution in [0, 0.1) is 24.7 Å². The zero-order valence-electron chi connectivity index (χ0n) is 21.8. The maximum atomic E-state index is 13.3. The fourth-order valence-corrected chi connectivity index (χ4v) is 10.1. The quantitative estimate of drug-likeness (QED) is 0.384. The molecule has 5 atom stereocenters. The third-order valence-electron chi connectivity index (χ3n) is 8.71. The minimum atomic E-state index is -0.151. The Hall–Kier alpha value is -2.51. The van der Waals surface area contributed by atoms with Gasteiger partial charge >= 0.3 is 4.87 Å². The molecule has 37 heavy (non-hydrogen) atoms. The third kappa shape index (κ3) is 4.44. The number of benzene rings is 2. The Morgan fingerprint density at radius 1 is 1.03 bits per heavy atom. The summed E-state index contributed by atoms with van der Waals surface area (Å²) in [7, 11) is 0. The number of thioether (sulfide) groups is 1. The van der Waals surface area contributed by atoms with Gasteiger partial charge in [0.05, 0.1) is 5.03 Å². The topological polar surface area (TPSA) is 54.3 Å². The number of aromatic nitrogens is 1. The molecule has 5 nitrogen and oxygen atoms in total. The van der Waals surface area contributed by atoms with E-state index in [0.717, 1.165) is 41.2 Å². The molecule has 3 aromatic rings. The Kier molecular flexibility index (Phi) is 6.70. The van der Waals surface area contributed by atoms with Gasteiger partial charge in [-0.3, -0.25) is 14.2 Å². The molecule has 7 heteroatoms. The largest absolute Gasteiger partial charge is 0.372 e. The Labute approximate surface area is 227 Å². The lowest BCUT2D eigenvalue weighted by Crippen LogP contribution is -2.35. The van der Waals surface area contributed by atoms with Crippen LogP contribution in [0.3, 0.4) is 0 Å². The van der Waals surface area contributed by atoms with Crippen molar-refractivity contribution >= 4 is 40.4 Å². The van der Waals surface area contributed by atoms with E-state index in [1.54, 1.807) is 4.57 Å². The van der Waals surface area contributed by atoms with E-state index in [0.29, 0.717) is 11.2 Å². The Morgan fingerprint density at radius 2 is 1.73 bits per heavy atom. The van der Waals surface area contributed by atoms with Crippen LogP contribution in [0.25, 0.3) is 0 Å². The first-order chi connectivity index (χ1) is 18.0. The summed E-state index contributed by atoms with van der Waals surface area (Å²) in [5.74, 6) is 2.11. The number of carbonyl (C=O) groups excluding carboxylic acids is 1. The van der Waals surface area contributed by atoms with Crippen LogP contribution in [-0.2, 0) is 11.3 Å². The van der Waals surface area contributed by atoms with Crippen molar-refractivity contribution < 1.29 is 4.79 Å². The molecular formula is C30H35N3O2S2. The number of thiazole rings is 1. The van der Waals surface area contributed by atoms with E-state index in [2.05, 4.69) is 48.3 Å². The molecule has 2 aromatic carbocycles. The van der Waals surface area contributed by atoms with Crippen LogP contribution in [0.4, 0.5) is 11.4 Å². The van der Waals surface area contributed by atoms with Gasteiger partial charge in [-0.1, -0.05) is 41.2 Å². The zero-order valence-corrected chi connectivity index (χ0v) is 23.4. The van der Waals surface area contributed by atoms with E-state index >= 15 is 0 Å². The highest BCUT2D eigenvalue weighted by Gasteiger charge is 2.55. The third-order valence-corrected chi connectivity index (χ3v) is 11.5. The van der Waals surface area contributed by atoms with Gasteiger partial charge in [-0.2, -0.15) is 0 Å². The van der Waals surface area contributed by atoms with Gasteiger partial charge < -0.3 is 10.2 Å². The smallest absolute Gasteiger partial charge is 0.308 e. The lowest BCUT2D eigenvalue weighted by molar-refractivity contribution is -0.116. The number of rotatable bonds is 7. The molecule has 194 valence electrons. The molecular weight excluding hydrogens is 498 g/mol. The van der Waals surface area contributed by atoms with E-state index in [1.165, 1.54) is 46.7 Å². The van der Waals surface area contributed by atoms with E-state index in [4.69, 9.17) is 0 Å². The zero-order chi connectivity index (χ0) is 25.7. The van der Waals surface area contributed by atoms with Gasteiger partial charge in [0.1, 0.15) is 6.54 Å². The second-order valence-electron chi connectivity index (χ2n) is 10.8. The molecule has 1 aliphatic heterocycles. The van der Waals surface area contributed by atoms with Crippen LogP contribution in [-0.4, -0.2) is 28.8 Å². The normalized spacial score (nSPS) is 25.5. The van der Waals surface area contributed by atoms with E-state index in [1.807, 2.05) is 43.0 Å². The number of nitrogens with zero attached hydrogens (tertiary/aromatic N) is 2. The summed E-state index contributed by atoms with van der Waals surface area (Å²) in [6.07, 6.45) is 3.91. The summed E-state index contributed by atoms with van der Waals surface area (Å²) in [6.45, 7) is 8.45. The van der Waals surface area contributed by atoms with E-state index in [-0.39, 0.29) is 23.2 Å². The summed E-state index contributed by atoms with van der Waals surface area (Å²) in [5, 5.41) is 4.53. The predicted octanol–water partition coefficient (Wildman–Crippen LogP) is 6.36. The SMILES string of the molecule is CCN(CC)c1ccc([C@H]2c3sc(=O)n(CC(=O)Nc4ccc(C)cc4)c3SC3C4CCC(C4)C32)cc1. The number of amides is 1. The number of anilines is 2.